The molecule has 40 heavy (non-hydrogen) atoms. The molecule has 0 bridgehead atoms. The second-order valence-corrected chi connectivity index (χ2v) is 9.95. The van der Waals surface area contributed by atoms with Crippen molar-refractivity contribution in [2.24, 2.45) is 17.2 Å². The molecule has 0 aliphatic rings. The number of para-hydroxylation sites is 1. The Labute approximate surface area is 233 Å². The molecular formula is C29H39N6O5+. The van der Waals surface area contributed by atoms with Crippen LogP contribution in [-0.4, -0.2) is 69.4 Å². The van der Waals surface area contributed by atoms with Crippen molar-refractivity contribution < 1.29 is 24.6 Å². The lowest BCUT2D eigenvalue weighted by atomic mass is 9.97. The predicted octanol–water partition coefficient (Wildman–Crippen LogP) is 1.44. The van der Waals surface area contributed by atoms with Crippen LogP contribution < -0.4 is 22.5 Å². The topological polar surface area (TPSA) is 198 Å². The van der Waals surface area contributed by atoms with Crippen LogP contribution in [0, 0.1) is 4.91 Å². The van der Waals surface area contributed by atoms with Crippen LogP contribution in [0.2, 0.25) is 0 Å². The van der Waals surface area contributed by atoms with Gasteiger partial charge in [0.15, 0.2) is 23.8 Å². The fraction of sp³-hybridized carbons (Fsp3) is 0.414. The number of fused-ring (bicyclic) bond motifs is 1. The highest BCUT2D eigenvalue weighted by Crippen LogP contribution is 2.25. The van der Waals surface area contributed by atoms with Crippen LogP contribution in [-0.2, 0) is 22.4 Å². The van der Waals surface area contributed by atoms with Crippen molar-refractivity contribution in [1.29, 1.82) is 0 Å². The van der Waals surface area contributed by atoms with E-state index in [1.54, 1.807) is 12.3 Å². The van der Waals surface area contributed by atoms with Gasteiger partial charge in [0.25, 0.3) is 0 Å². The molecule has 11 heteroatoms. The number of nitrogens with zero attached hydrogens (tertiary/aromatic N) is 2. The minimum Gasteiger partial charge on any atom is -0.504 e. The number of carbonyl (C=O) groups excluding carboxylic acids is 2. The van der Waals surface area contributed by atoms with Crippen LogP contribution in [0.15, 0.2) is 54.7 Å². The number of Topliss-reactive ketones (excluding diaryl/α,β-unsaturated/α-hetero) is 1. The summed E-state index contributed by atoms with van der Waals surface area (Å²) in [5.74, 6) is -1.27. The number of pyridine rings is 1. The highest BCUT2D eigenvalue weighted by Gasteiger charge is 2.28. The van der Waals surface area contributed by atoms with Gasteiger partial charge in [0.2, 0.25) is 11.9 Å². The molecule has 0 unspecified atom stereocenters. The van der Waals surface area contributed by atoms with E-state index < -0.39 is 18.0 Å². The standard InChI is InChI=1S/C29H38N6O5/c30-12-9-22(10-13-31)35(40)14-11-23(32)29(39)34-25(7-5-19-6-8-26(36)28(38)16-19)27(37)17-20-15-21-3-1-2-4-24(21)33-18-20/h1-4,6,8,15-16,18,22-23,25H,5,7,9-14,17,30-32H2,(H2-,34,36,38,39)/p+1/t23-,25+/m0/s1. The summed E-state index contributed by atoms with van der Waals surface area (Å²) in [5.41, 5.74) is 19.5. The first-order valence-corrected chi connectivity index (χ1v) is 13.5. The molecule has 0 saturated carbocycles. The minimum atomic E-state index is -0.997. The second-order valence-electron chi connectivity index (χ2n) is 9.95. The summed E-state index contributed by atoms with van der Waals surface area (Å²) in [7, 11) is 0. The van der Waals surface area contributed by atoms with Gasteiger partial charge in [-0.15, -0.1) is 0 Å². The van der Waals surface area contributed by atoms with E-state index in [0.29, 0.717) is 43.5 Å². The zero-order valence-electron chi connectivity index (χ0n) is 22.5. The van der Waals surface area contributed by atoms with Gasteiger partial charge in [-0.2, -0.15) is 0 Å². The molecule has 214 valence electrons. The minimum absolute atomic E-state index is 0.0351. The molecule has 3 rings (SSSR count). The molecule has 0 radical (unpaired) electrons. The summed E-state index contributed by atoms with van der Waals surface area (Å²) < 4.78 is 0.875. The van der Waals surface area contributed by atoms with Crippen molar-refractivity contribution in [2.75, 3.05) is 19.6 Å². The van der Waals surface area contributed by atoms with Gasteiger partial charge in [-0.1, -0.05) is 24.3 Å². The monoisotopic (exact) mass is 551 g/mol. The largest absolute Gasteiger partial charge is 0.504 e. The molecule has 1 aromatic heterocycles. The van der Waals surface area contributed by atoms with E-state index in [2.05, 4.69) is 10.3 Å². The number of aromatic hydroxyl groups is 2. The first-order chi connectivity index (χ1) is 19.2. The highest BCUT2D eigenvalue weighted by atomic mass is 16.3. The number of nitroso groups, excluding NO2 is 1. The summed E-state index contributed by atoms with van der Waals surface area (Å²) in [6.07, 6.45) is 3.37. The van der Waals surface area contributed by atoms with Crippen LogP contribution in [0.3, 0.4) is 0 Å². The van der Waals surface area contributed by atoms with Crippen LogP contribution in [0.4, 0.5) is 0 Å². The molecule has 9 N–H and O–H groups in total. The van der Waals surface area contributed by atoms with Crippen molar-refractivity contribution in [2.45, 2.75) is 56.7 Å². The Morgan fingerprint density at radius 3 is 2.35 bits per heavy atom. The lowest BCUT2D eigenvalue weighted by Crippen LogP contribution is -2.49. The smallest absolute Gasteiger partial charge is 0.237 e. The number of nitrogens with two attached hydrogens (primary N) is 3. The number of ketones is 1. The number of aryl methyl sites for hydroxylation is 1. The molecule has 3 aromatic rings. The number of hydrogen-bond donors (Lipinski definition) is 6. The Morgan fingerprint density at radius 2 is 1.65 bits per heavy atom. The molecule has 2 aromatic carbocycles. The fourth-order valence-electron chi connectivity index (χ4n) is 4.56. The zero-order valence-corrected chi connectivity index (χ0v) is 22.5. The maximum atomic E-state index is 13.4. The van der Waals surface area contributed by atoms with Crippen LogP contribution in [0.1, 0.15) is 36.8 Å². The number of benzene rings is 2. The van der Waals surface area contributed by atoms with E-state index >= 15 is 0 Å². The van der Waals surface area contributed by atoms with Crippen LogP contribution in [0.25, 0.3) is 10.9 Å². The molecule has 11 nitrogen and oxygen atoms in total. The van der Waals surface area contributed by atoms with Crippen molar-refractivity contribution in [3.63, 3.8) is 0 Å². The SMILES string of the molecule is NCCC(CCN)[N+](=O)CC[C@H](N)C(=O)N[C@H](CCc1ccc(O)c(O)c1)C(=O)Cc1cnc2ccccc2c1. The van der Waals surface area contributed by atoms with Gasteiger partial charge in [-0.05, 0) is 61.3 Å². The first-order valence-electron chi connectivity index (χ1n) is 13.5. The number of hydrogen-bond acceptors (Lipinski definition) is 9. The average molecular weight is 552 g/mol. The van der Waals surface area contributed by atoms with E-state index in [0.717, 1.165) is 15.7 Å². The van der Waals surface area contributed by atoms with Gasteiger partial charge in [0, 0.05) is 46.9 Å². The van der Waals surface area contributed by atoms with Gasteiger partial charge < -0.3 is 32.7 Å². The second kappa shape index (κ2) is 15.0. The Balaban J connectivity index is 1.69. The lowest BCUT2D eigenvalue weighted by molar-refractivity contribution is -0.587. The number of phenolic OH excluding ortho intramolecular Hbond substituents is 2. The molecule has 1 heterocycles. The fourth-order valence-corrected chi connectivity index (χ4v) is 4.56. The number of carbonyl (C=O) groups is 2. The quantitative estimate of drug-likeness (QED) is 0.113. The van der Waals surface area contributed by atoms with Crippen LogP contribution >= 0.6 is 0 Å². The van der Waals surface area contributed by atoms with E-state index in [1.807, 2.05) is 30.3 Å². The Morgan fingerprint density at radius 1 is 0.925 bits per heavy atom. The van der Waals surface area contributed by atoms with E-state index in [-0.39, 0.29) is 49.1 Å². The average Bonchev–Trinajstić information content (AvgIpc) is 2.95. The molecule has 2 atom stereocenters. The predicted molar refractivity (Wildman–Crippen MR) is 153 cm³/mol. The molecule has 0 fully saturated rings. The third-order valence-corrected chi connectivity index (χ3v) is 6.90. The highest BCUT2D eigenvalue weighted by molar-refractivity contribution is 5.92. The van der Waals surface area contributed by atoms with Crippen molar-refractivity contribution in [3.8, 4) is 11.5 Å². The van der Waals surface area contributed by atoms with Crippen molar-refractivity contribution in [1.82, 2.24) is 10.3 Å². The van der Waals surface area contributed by atoms with E-state index in [9.17, 15) is 24.7 Å². The van der Waals surface area contributed by atoms with Crippen LogP contribution in [0.5, 0.6) is 11.5 Å². The molecule has 0 saturated heterocycles. The number of amides is 1. The summed E-state index contributed by atoms with van der Waals surface area (Å²) in [4.78, 5) is 43.3. The molecule has 0 aliphatic carbocycles. The number of rotatable bonds is 16. The Hall–Kier alpha value is -3.93. The summed E-state index contributed by atoms with van der Waals surface area (Å²) in [6.45, 7) is 0.740. The first kappa shape index (κ1) is 30.6. The summed E-state index contributed by atoms with van der Waals surface area (Å²) >= 11 is 0. The normalized spacial score (nSPS) is 12.8. The summed E-state index contributed by atoms with van der Waals surface area (Å²) in [5, 5.41) is 23.1. The lowest BCUT2D eigenvalue weighted by Gasteiger charge is -2.20. The number of nitrogens with one attached hydrogen (secondary N) is 1. The Bertz CT molecular complexity index is 1310. The van der Waals surface area contributed by atoms with Crippen molar-refractivity contribution >= 4 is 22.6 Å². The van der Waals surface area contributed by atoms with Gasteiger partial charge in [0.05, 0.1) is 17.6 Å². The molecule has 0 spiro atoms. The third kappa shape index (κ3) is 8.80. The van der Waals surface area contributed by atoms with Gasteiger partial charge in [0.1, 0.15) is 0 Å². The third-order valence-electron chi connectivity index (χ3n) is 6.90. The van der Waals surface area contributed by atoms with E-state index in [1.165, 1.54) is 12.1 Å². The van der Waals surface area contributed by atoms with E-state index in [4.69, 9.17) is 17.2 Å². The molecule has 1 amide bonds. The molecule has 0 aliphatic heterocycles. The maximum Gasteiger partial charge on any atom is 0.237 e. The number of aromatic nitrogens is 1. The zero-order chi connectivity index (χ0) is 29.1. The van der Waals surface area contributed by atoms with Crippen molar-refractivity contribution in [3.05, 3.63) is 70.8 Å². The van der Waals surface area contributed by atoms with Gasteiger partial charge in [-0.25, -0.2) is 0 Å². The molecular weight excluding hydrogens is 512 g/mol. The Kier molecular flexibility index (Phi) is 11.5. The summed E-state index contributed by atoms with van der Waals surface area (Å²) in [6, 6.07) is 11.7. The number of phenols is 2. The maximum absolute atomic E-state index is 13.4. The van der Waals surface area contributed by atoms with Gasteiger partial charge in [-0.3, -0.25) is 14.6 Å². The van der Waals surface area contributed by atoms with Gasteiger partial charge >= 0.3 is 0 Å².